The van der Waals surface area contributed by atoms with E-state index in [1.807, 2.05) is 0 Å². The topological polar surface area (TPSA) is 83.1 Å². The predicted octanol–water partition coefficient (Wildman–Crippen LogP) is 6.25. The fraction of sp³-hybridized carbons (Fsp3) is 0.200. The van der Waals surface area contributed by atoms with E-state index in [0.717, 1.165) is 18.2 Å². The van der Waals surface area contributed by atoms with Crippen molar-refractivity contribution in [3.63, 3.8) is 0 Å². The van der Waals surface area contributed by atoms with Gasteiger partial charge in [0.25, 0.3) is 0 Å². The summed E-state index contributed by atoms with van der Waals surface area (Å²) in [4.78, 5) is 25.9. The summed E-state index contributed by atoms with van der Waals surface area (Å²) in [5.41, 5.74) is -0.874. The van der Waals surface area contributed by atoms with Gasteiger partial charge >= 0.3 is 18.9 Å². The quantitative estimate of drug-likeness (QED) is 0.385. The van der Waals surface area contributed by atoms with Gasteiger partial charge in [-0.1, -0.05) is 12.1 Å². The second kappa shape index (κ2) is 10.3. The molecule has 2 atom stereocenters. The maximum atomic E-state index is 13.3. The van der Waals surface area contributed by atoms with Crippen molar-refractivity contribution in [2.75, 3.05) is 12.4 Å². The molecule has 0 saturated carbocycles. The molecule has 0 fully saturated rings. The minimum Gasteiger partial charge on any atom is -0.497 e. The van der Waals surface area contributed by atoms with Crippen LogP contribution in [-0.4, -0.2) is 31.7 Å². The molecule has 0 bridgehead atoms. The van der Waals surface area contributed by atoms with E-state index < -0.39 is 42.4 Å². The van der Waals surface area contributed by atoms with Crippen molar-refractivity contribution in [1.82, 2.24) is 0 Å². The number of anilines is 1. The number of nitrogens with one attached hydrogen (secondary N) is 1. The van der Waals surface area contributed by atoms with Gasteiger partial charge in [-0.3, -0.25) is 10.1 Å². The standard InChI is InChI=1S/C25H18F5NO6/c1-34-17-9-10-18-19(12-17)36-21(13-3-2-4-14(11-13)25(28,29)30)22(20(18)32)37-24(33)31-15-5-7-16(8-6-15)35-23(26)27/h2-12,21-23H,1H3,(H,31,33)/t21-,22+/m0/s1. The number of amides is 1. The van der Waals surface area contributed by atoms with Gasteiger partial charge in [0.1, 0.15) is 17.2 Å². The maximum absolute atomic E-state index is 13.3. The number of benzene rings is 3. The summed E-state index contributed by atoms with van der Waals surface area (Å²) in [6.07, 6.45) is -8.85. The first-order chi connectivity index (χ1) is 17.5. The second-order valence-electron chi connectivity index (χ2n) is 7.74. The average molecular weight is 523 g/mol. The Bertz CT molecular complexity index is 1300. The van der Waals surface area contributed by atoms with Crippen LogP contribution in [-0.2, 0) is 10.9 Å². The van der Waals surface area contributed by atoms with Crippen molar-refractivity contribution in [3.05, 3.63) is 83.4 Å². The number of hydrogen-bond acceptors (Lipinski definition) is 6. The second-order valence-corrected chi connectivity index (χ2v) is 7.74. The van der Waals surface area contributed by atoms with Crippen molar-refractivity contribution in [3.8, 4) is 17.2 Å². The number of carbonyl (C=O) groups is 2. The van der Waals surface area contributed by atoms with E-state index in [1.54, 1.807) is 0 Å². The number of halogens is 5. The highest BCUT2D eigenvalue weighted by Crippen LogP contribution is 2.40. The summed E-state index contributed by atoms with van der Waals surface area (Å²) in [6, 6.07) is 13.2. The summed E-state index contributed by atoms with van der Waals surface area (Å²) in [5, 5.41) is 2.33. The molecule has 1 aliphatic heterocycles. The van der Waals surface area contributed by atoms with Gasteiger partial charge in [0.2, 0.25) is 11.9 Å². The molecule has 4 rings (SSSR count). The van der Waals surface area contributed by atoms with Gasteiger partial charge in [-0.15, -0.1) is 0 Å². The van der Waals surface area contributed by atoms with Crippen molar-refractivity contribution >= 4 is 17.6 Å². The fourth-order valence-electron chi connectivity index (χ4n) is 3.65. The van der Waals surface area contributed by atoms with E-state index in [-0.39, 0.29) is 28.3 Å². The van der Waals surface area contributed by atoms with Crippen LogP contribution in [0.2, 0.25) is 0 Å². The lowest BCUT2D eigenvalue weighted by molar-refractivity contribution is -0.137. The van der Waals surface area contributed by atoms with Gasteiger partial charge in [-0.25, -0.2) is 4.79 Å². The zero-order valence-corrected chi connectivity index (χ0v) is 18.9. The fourth-order valence-corrected chi connectivity index (χ4v) is 3.65. The monoisotopic (exact) mass is 523 g/mol. The molecule has 7 nitrogen and oxygen atoms in total. The van der Waals surface area contributed by atoms with Crippen LogP contribution in [0.25, 0.3) is 0 Å². The molecule has 1 amide bonds. The smallest absolute Gasteiger partial charge is 0.416 e. The number of rotatable bonds is 6. The largest absolute Gasteiger partial charge is 0.497 e. The van der Waals surface area contributed by atoms with E-state index in [1.165, 1.54) is 55.6 Å². The van der Waals surface area contributed by atoms with Gasteiger partial charge < -0.3 is 18.9 Å². The third-order valence-corrected chi connectivity index (χ3v) is 5.34. The number of hydrogen-bond donors (Lipinski definition) is 1. The van der Waals surface area contributed by atoms with Crippen LogP contribution in [0.5, 0.6) is 17.2 Å². The third kappa shape index (κ3) is 5.90. The van der Waals surface area contributed by atoms with Crippen LogP contribution in [0, 0.1) is 0 Å². The molecule has 1 heterocycles. The lowest BCUT2D eigenvalue weighted by atomic mass is 9.92. The molecular formula is C25H18F5NO6. The molecule has 0 unspecified atom stereocenters. The maximum Gasteiger partial charge on any atom is 0.416 e. The van der Waals surface area contributed by atoms with Gasteiger partial charge in [-0.2, -0.15) is 22.0 Å². The zero-order valence-electron chi connectivity index (χ0n) is 18.9. The Kier molecular flexibility index (Phi) is 7.18. The predicted molar refractivity (Wildman–Crippen MR) is 119 cm³/mol. The summed E-state index contributed by atoms with van der Waals surface area (Å²) >= 11 is 0. The molecule has 3 aromatic rings. The Hall–Kier alpha value is -4.35. The van der Waals surface area contributed by atoms with Crippen LogP contribution in [0.3, 0.4) is 0 Å². The van der Waals surface area contributed by atoms with E-state index in [9.17, 15) is 31.5 Å². The first kappa shape index (κ1) is 25.7. The molecule has 1 N–H and O–H groups in total. The third-order valence-electron chi connectivity index (χ3n) is 5.34. The molecule has 0 aromatic heterocycles. The molecule has 0 saturated heterocycles. The molecule has 194 valence electrons. The number of ketones is 1. The van der Waals surface area contributed by atoms with Gasteiger partial charge in [0.15, 0.2) is 6.10 Å². The van der Waals surface area contributed by atoms with Crippen molar-refractivity contribution < 1.29 is 50.5 Å². The zero-order chi connectivity index (χ0) is 26.7. The first-order valence-electron chi connectivity index (χ1n) is 10.6. The van der Waals surface area contributed by atoms with Gasteiger partial charge in [0, 0.05) is 11.8 Å². The average Bonchev–Trinajstić information content (AvgIpc) is 2.85. The molecule has 37 heavy (non-hydrogen) atoms. The molecule has 0 radical (unpaired) electrons. The number of carbonyl (C=O) groups excluding carboxylic acids is 2. The highest BCUT2D eigenvalue weighted by Gasteiger charge is 2.42. The molecule has 1 aliphatic rings. The van der Waals surface area contributed by atoms with Crippen LogP contribution in [0.4, 0.5) is 32.4 Å². The lowest BCUT2D eigenvalue weighted by Crippen LogP contribution is -2.41. The number of Topliss-reactive ketones (excluding diaryl/α,β-unsaturated/α-hetero) is 1. The lowest BCUT2D eigenvalue weighted by Gasteiger charge is -2.32. The molecular weight excluding hydrogens is 505 g/mol. The van der Waals surface area contributed by atoms with Crippen molar-refractivity contribution in [2.45, 2.75) is 25.0 Å². The Morgan fingerprint density at radius 3 is 2.35 bits per heavy atom. The molecule has 0 aliphatic carbocycles. The molecule has 3 aromatic carbocycles. The van der Waals surface area contributed by atoms with Crippen LogP contribution < -0.4 is 19.5 Å². The summed E-state index contributed by atoms with van der Waals surface area (Å²) in [7, 11) is 1.39. The van der Waals surface area contributed by atoms with Crippen LogP contribution in [0.1, 0.15) is 27.6 Å². The van der Waals surface area contributed by atoms with Gasteiger partial charge in [0.05, 0.1) is 18.2 Å². The van der Waals surface area contributed by atoms with E-state index >= 15 is 0 Å². The highest BCUT2D eigenvalue weighted by molar-refractivity contribution is 6.04. The SMILES string of the molecule is COc1ccc2c(c1)O[C@@H](c1cccc(C(F)(F)F)c1)[C@H](OC(=O)Nc1ccc(OC(F)F)cc1)C2=O. The van der Waals surface area contributed by atoms with E-state index in [0.29, 0.717) is 5.75 Å². The summed E-state index contributed by atoms with van der Waals surface area (Å²) < 4.78 is 85.1. The Labute approximate surface area is 206 Å². The molecule has 0 spiro atoms. The van der Waals surface area contributed by atoms with Crippen molar-refractivity contribution in [1.29, 1.82) is 0 Å². The highest BCUT2D eigenvalue weighted by atomic mass is 19.4. The number of alkyl halides is 5. The summed E-state index contributed by atoms with van der Waals surface area (Å²) in [5.74, 6) is -0.476. The first-order valence-corrected chi connectivity index (χ1v) is 10.6. The number of ether oxygens (including phenoxy) is 4. The number of methoxy groups -OCH3 is 1. The van der Waals surface area contributed by atoms with Crippen LogP contribution >= 0.6 is 0 Å². The minimum atomic E-state index is -4.66. The molecule has 12 heteroatoms. The normalized spacial score (nSPS) is 17.0. The minimum absolute atomic E-state index is 0.0373. The Morgan fingerprint density at radius 1 is 1.00 bits per heavy atom. The van der Waals surface area contributed by atoms with Gasteiger partial charge in [-0.05, 0) is 54.1 Å². The van der Waals surface area contributed by atoms with Crippen LogP contribution in [0.15, 0.2) is 66.7 Å². The van der Waals surface area contributed by atoms with E-state index in [4.69, 9.17) is 14.2 Å². The summed E-state index contributed by atoms with van der Waals surface area (Å²) in [6.45, 7) is -3.03. The Morgan fingerprint density at radius 2 is 1.70 bits per heavy atom. The van der Waals surface area contributed by atoms with Crippen molar-refractivity contribution in [2.24, 2.45) is 0 Å². The Balaban J connectivity index is 1.62. The van der Waals surface area contributed by atoms with E-state index in [2.05, 4.69) is 10.1 Å². The number of fused-ring (bicyclic) bond motifs is 1.